The van der Waals surface area contributed by atoms with Crippen molar-refractivity contribution in [2.75, 3.05) is 37.6 Å². The second-order valence-corrected chi connectivity index (χ2v) is 8.35. The van der Waals surface area contributed by atoms with Gasteiger partial charge in [0.2, 0.25) is 11.8 Å². The zero-order chi connectivity index (χ0) is 19.3. The maximum absolute atomic E-state index is 12.5. The van der Waals surface area contributed by atoms with Gasteiger partial charge in [0.1, 0.15) is 0 Å². The van der Waals surface area contributed by atoms with Gasteiger partial charge in [0, 0.05) is 50.9 Å². The van der Waals surface area contributed by atoms with Gasteiger partial charge in [0.25, 0.3) is 0 Å². The highest BCUT2D eigenvalue weighted by molar-refractivity contribution is 5.83. The minimum absolute atomic E-state index is 0.0658. The van der Waals surface area contributed by atoms with Gasteiger partial charge in [-0.25, -0.2) is 0 Å². The molecule has 1 aromatic carbocycles. The highest BCUT2D eigenvalue weighted by Crippen LogP contribution is 2.33. The van der Waals surface area contributed by atoms with E-state index in [1.165, 1.54) is 31.4 Å². The number of para-hydroxylation sites is 1. The summed E-state index contributed by atoms with van der Waals surface area (Å²) in [7, 11) is 0. The summed E-state index contributed by atoms with van der Waals surface area (Å²) in [6.45, 7) is 3.64. The lowest BCUT2D eigenvalue weighted by atomic mass is 9.85. The molecule has 3 aliphatic rings. The third-order valence-corrected chi connectivity index (χ3v) is 6.57. The van der Waals surface area contributed by atoms with Crippen molar-refractivity contribution >= 4 is 17.5 Å². The molecule has 2 amide bonds. The number of nitrogens with zero attached hydrogens (tertiary/aromatic N) is 2. The number of piperazine rings is 1. The molecule has 3 atom stereocenters. The van der Waals surface area contributed by atoms with Gasteiger partial charge in [-0.3, -0.25) is 9.59 Å². The lowest BCUT2D eigenvalue weighted by molar-refractivity contribution is -0.131. The highest BCUT2D eigenvalue weighted by atomic mass is 16.2. The molecule has 0 radical (unpaired) electrons. The molecule has 152 valence electrons. The number of amides is 2. The van der Waals surface area contributed by atoms with E-state index in [0.29, 0.717) is 24.9 Å². The van der Waals surface area contributed by atoms with Crippen LogP contribution in [0.25, 0.3) is 0 Å². The Balaban J connectivity index is 1.16. The topological polar surface area (TPSA) is 64.7 Å². The van der Waals surface area contributed by atoms with E-state index >= 15 is 0 Å². The van der Waals surface area contributed by atoms with E-state index in [0.717, 1.165) is 32.6 Å². The van der Waals surface area contributed by atoms with Crippen LogP contribution in [-0.2, 0) is 9.59 Å². The molecular weight excluding hydrogens is 352 g/mol. The first-order chi connectivity index (χ1) is 13.7. The van der Waals surface area contributed by atoms with Gasteiger partial charge in [-0.2, -0.15) is 0 Å². The third kappa shape index (κ3) is 4.49. The molecule has 1 saturated carbocycles. The molecule has 0 spiro atoms. The molecule has 1 aromatic rings. The van der Waals surface area contributed by atoms with Crippen molar-refractivity contribution in [1.82, 2.24) is 15.5 Å². The summed E-state index contributed by atoms with van der Waals surface area (Å²) in [6.07, 6.45) is 6.34. The quantitative estimate of drug-likeness (QED) is 0.812. The number of hydrogen-bond donors (Lipinski definition) is 2. The van der Waals surface area contributed by atoms with E-state index in [-0.39, 0.29) is 17.9 Å². The fourth-order valence-corrected chi connectivity index (χ4v) is 4.95. The summed E-state index contributed by atoms with van der Waals surface area (Å²) in [4.78, 5) is 29.2. The molecule has 4 rings (SSSR count). The zero-order valence-electron chi connectivity index (χ0n) is 16.6. The summed E-state index contributed by atoms with van der Waals surface area (Å²) in [5.74, 6) is 0.865. The zero-order valence-corrected chi connectivity index (χ0v) is 16.6. The Bertz CT molecular complexity index is 658. The normalized spacial score (nSPS) is 27.4. The van der Waals surface area contributed by atoms with Crippen LogP contribution >= 0.6 is 0 Å². The van der Waals surface area contributed by atoms with Crippen LogP contribution in [0.1, 0.15) is 38.5 Å². The minimum Gasteiger partial charge on any atom is -0.368 e. The summed E-state index contributed by atoms with van der Waals surface area (Å²) >= 11 is 0. The Morgan fingerprint density at radius 1 is 1.04 bits per heavy atom. The monoisotopic (exact) mass is 384 g/mol. The predicted molar refractivity (Wildman–Crippen MR) is 110 cm³/mol. The Labute approximate surface area is 167 Å². The van der Waals surface area contributed by atoms with Gasteiger partial charge in [-0.15, -0.1) is 0 Å². The third-order valence-electron chi connectivity index (χ3n) is 6.57. The molecule has 0 aromatic heterocycles. The predicted octanol–water partition coefficient (Wildman–Crippen LogP) is 1.76. The summed E-state index contributed by atoms with van der Waals surface area (Å²) < 4.78 is 0. The number of fused-ring (bicyclic) bond motifs is 1. The SMILES string of the molecule is O=C(NCCC(=O)N1CCN(c2ccccc2)CC1)C1CC2CCCCC2N1. The first kappa shape index (κ1) is 19.2. The summed E-state index contributed by atoms with van der Waals surface area (Å²) in [5.41, 5.74) is 1.21. The molecule has 2 saturated heterocycles. The van der Waals surface area contributed by atoms with Crippen LogP contribution in [0.3, 0.4) is 0 Å². The smallest absolute Gasteiger partial charge is 0.237 e. The lowest BCUT2D eigenvalue weighted by Crippen LogP contribution is -2.49. The van der Waals surface area contributed by atoms with E-state index in [1.807, 2.05) is 23.1 Å². The van der Waals surface area contributed by atoms with Crippen LogP contribution in [0, 0.1) is 5.92 Å². The highest BCUT2D eigenvalue weighted by Gasteiger charge is 2.38. The molecule has 0 bridgehead atoms. The second-order valence-electron chi connectivity index (χ2n) is 8.35. The largest absolute Gasteiger partial charge is 0.368 e. The van der Waals surface area contributed by atoms with Gasteiger partial charge < -0.3 is 20.4 Å². The molecular formula is C22H32N4O2. The van der Waals surface area contributed by atoms with E-state index in [4.69, 9.17) is 0 Å². The Morgan fingerprint density at radius 3 is 2.54 bits per heavy atom. The van der Waals surface area contributed by atoms with Gasteiger partial charge in [-0.1, -0.05) is 31.0 Å². The Kier molecular flexibility index (Phi) is 6.15. The van der Waals surface area contributed by atoms with Crippen molar-refractivity contribution < 1.29 is 9.59 Å². The maximum atomic E-state index is 12.5. The molecule has 6 nitrogen and oxygen atoms in total. The second kappa shape index (κ2) is 8.95. The molecule has 2 N–H and O–H groups in total. The molecule has 3 fully saturated rings. The van der Waals surface area contributed by atoms with Crippen molar-refractivity contribution in [2.45, 2.75) is 50.6 Å². The molecule has 2 heterocycles. The average Bonchev–Trinajstić information content (AvgIpc) is 3.19. The lowest BCUT2D eigenvalue weighted by Gasteiger charge is -2.36. The van der Waals surface area contributed by atoms with Gasteiger partial charge in [-0.05, 0) is 37.3 Å². The molecule has 1 aliphatic carbocycles. The Hall–Kier alpha value is -2.08. The van der Waals surface area contributed by atoms with E-state index in [2.05, 4.69) is 27.7 Å². The van der Waals surface area contributed by atoms with Crippen LogP contribution in [0.5, 0.6) is 0 Å². The number of anilines is 1. The molecule has 3 unspecified atom stereocenters. The standard InChI is InChI=1S/C22H32N4O2/c27-21(26-14-12-25(13-15-26)18-7-2-1-3-8-18)10-11-23-22(28)20-16-17-6-4-5-9-19(17)24-20/h1-3,7-8,17,19-20,24H,4-6,9-16H2,(H,23,28). The van der Waals surface area contributed by atoms with Gasteiger partial charge >= 0.3 is 0 Å². The number of carbonyl (C=O) groups is 2. The summed E-state index contributed by atoms with van der Waals surface area (Å²) in [6, 6.07) is 10.8. The number of benzene rings is 1. The van der Waals surface area contributed by atoms with E-state index in [9.17, 15) is 9.59 Å². The average molecular weight is 385 g/mol. The van der Waals surface area contributed by atoms with Gasteiger partial charge in [0.05, 0.1) is 6.04 Å². The molecule has 28 heavy (non-hydrogen) atoms. The molecule has 2 aliphatic heterocycles. The minimum atomic E-state index is -0.0716. The van der Waals surface area contributed by atoms with Crippen molar-refractivity contribution in [1.29, 1.82) is 0 Å². The first-order valence-electron chi connectivity index (χ1n) is 10.8. The van der Waals surface area contributed by atoms with Gasteiger partial charge in [0.15, 0.2) is 0 Å². The van der Waals surface area contributed by atoms with Crippen LogP contribution < -0.4 is 15.5 Å². The van der Waals surface area contributed by atoms with Crippen LogP contribution in [0.2, 0.25) is 0 Å². The summed E-state index contributed by atoms with van der Waals surface area (Å²) in [5, 5.41) is 6.48. The number of rotatable bonds is 5. The van der Waals surface area contributed by atoms with Crippen molar-refractivity contribution in [2.24, 2.45) is 5.92 Å². The number of carbonyl (C=O) groups excluding carboxylic acids is 2. The fourth-order valence-electron chi connectivity index (χ4n) is 4.95. The number of hydrogen-bond acceptors (Lipinski definition) is 4. The van der Waals surface area contributed by atoms with Crippen LogP contribution in [0.15, 0.2) is 30.3 Å². The first-order valence-corrected chi connectivity index (χ1v) is 10.8. The number of nitrogens with one attached hydrogen (secondary N) is 2. The van der Waals surface area contributed by atoms with E-state index < -0.39 is 0 Å². The van der Waals surface area contributed by atoms with Crippen molar-refractivity contribution in [3.63, 3.8) is 0 Å². The fraction of sp³-hybridized carbons (Fsp3) is 0.636. The van der Waals surface area contributed by atoms with Crippen LogP contribution in [0.4, 0.5) is 5.69 Å². The maximum Gasteiger partial charge on any atom is 0.237 e. The van der Waals surface area contributed by atoms with E-state index in [1.54, 1.807) is 0 Å². The van der Waals surface area contributed by atoms with Crippen LogP contribution in [-0.4, -0.2) is 61.5 Å². The Morgan fingerprint density at radius 2 is 1.79 bits per heavy atom. The van der Waals surface area contributed by atoms with Crippen molar-refractivity contribution in [3.05, 3.63) is 30.3 Å². The molecule has 6 heteroatoms. The van der Waals surface area contributed by atoms with Crippen molar-refractivity contribution in [3.8, 4) is 0 Å².